The van der Waals surface area contributed by atoms with Crippen molar-refractivity contribution in [2.75, 3.05) is 32.7 Å². The van der Waals surface area contributed by atoms with E-state index in [0.29, 0.717) is 12.3 Å². The minimum absolute atomic E-state index is 0.298. The van der Waals surface area contributed by atoms with E-state index in [2.05, 4.69) is 9.80 Å². The summed E-state index contributed by atoms with van der Waals surface area (Å²) in [6.45, 7) is 6.97. The molecule has 2 rings (SSSR count). The van der Waals surface area contributed by atoms with Crippen LogP contribution in [-0.2, 0) is 4.79 Å². The average Bonchev–Trinajstić information content (AvgIpc) is 2.49. The molecule has 2 saturated heterocycles. The van der Waals surface area contributed by atoms with E-state index in [1.807, 2.05) is 0 Å². The van der Waals surface area contributed by atoms with Crippen LogP contribution < -0.4 is 0 Å². The van der Waals surface area contributed by atoms with Crippen LogP contribution in [0.4, 0.5) is 0 Å². The fourth-order valence-corrected chi connectivity index (χ4v) is 2.51. The van der Waals surface area contributed by atoms with E-state index in [-0.39, 0.29) is 0 Å². The third-order valence-electron chi connectivity index (χ3n) is 3.12. The smallest absolute Gasteiger partial charge is 0.143 e. The van der Waals surface area contributed by atoms with Crippen molar-refractivity contribution in [3.05, 3.63) is 0 Å². The zero-order valence-electron chi connectivity index (χ0n) is 8.33. The van der Waals surface area contributed by atoms with E-state index in [4.69, 9.17) is 0 Å². The average molecular weight is 182 g/mol. The first kappa shape index (κ1) is 9.16. The zero-order chi connectivity index (χ0) is 9.26. The molecule has 2 fully saturated rings. The second-order valence-electron chi connectivity index (χ2n) is 4.27. The zero-order valence-corrected chi connectivity index (χ0v) is 8.33. The number of rotatable bonds is 2. The van der Waals surface area contributed by atoms with Crippen LogP contribution in [0.1, 0.15) is 19.8 Å². The van der Waals surface area contributed by atoms with E-state index in [1.54, 1.807) is 6.92 Å². The molecule has 2 aliphatic rings. The van der Waals surface area contributed by atoms with Crippen molar-refractivity contribution in [1.29, 1.82) is 0 Å². The molecule has 0 aromatic heterocycles. The van der Waals surface area contributed by atoms with Gasteiger partial charge in [0.15, 0.2) is 0 Å². The molecule has 2 aliphatic heterocycles. The highest BCUT2D eigenvalue weighted by atomic mass is 16.1. The number of carbonyl (C=O) groups is 1. The fourth-order valence-electron chi connectivity index (χ4n) is 2.51. The van der Waals surface area contributed by atoms with Gasteiger partial charge in [-0.1, -0.05) is 0 Å². The Morgan fingerprint density at radius 1 is 1.38 bits per heavy atom. The first-order valence-electron chi connectivity index (χ1n) is 5.21. The summed E-state index contributed by atoms with van der Waals surface area (Å²) in [5.41, 5.74) is 0. The molecule has 3 nitrogen and oxygen atoms in total. The number of nitrogens with zero attached hydrogens (tertiary/aromatic N) is 2. The van der Waals surface area contributed by atoms with E-state index in [1.165, 1.54) is 19.4 Å². The number of ketones is 1. The van der Waals surface area contributed by atoms with Crippen molar-refractivity contribution in [3.63, 3.8) is 0 Å². The summed E-state index contributed by atoms with van der Waals surface area (Å²) in [5, 5.41) is 0. The van der Waals surface area contributed by atoms with E-state index in [9.17, 15) is 4.79 Å². The van der Waals surface area contributed by atoms with Gasteiger partial charge in [0.05, 0.1) is 6.54 Å². The van der Waals surface area contributed by atoms with Crippen LogP contribution in [0.15, 0.2) is 0 Å². The molecule has 2 heterocycles. The molecule has 1 unspecified atom stereocenters. The van der Waals surface area contributed by atoms with Crippen LogP contribution in [-0.4, -0.2) is 54.3 Å². The monoisotopic (exact) mass is 182 g/mol. The van der Waals surface area contributed by atoms with Crippen LogP contribution in [0.2, 0.25) is 0 Å². The summed E-state index contributed by atoms with van der Waals surface area (Å²) in [4.78, 5) is 15.8. The number of fused-ring (bicyclic) bond motifs is 1. The summed E-state index contributed by atoms with van der Waals surface area (Å²) in [6, 6.07) is 0.744. The largest absolute Gasteiger partial charge is 0.299 e. The van der Waals surface area contributed by atoms with Gasteiger partial charge in [0.2, 0.25) is 0 Å². The standard InChI is InChI=1S/C10H18N2O/c1-9(13)7-11-5-6-12-4-2-3-10(12)8-11/h10H,2-8H2,1H3. The fraction of sp³-hybridized carbons (Fsp3) is 0.900. The summed E-state index contributed by atoms with van der Waals surface area (Å²) in [6.07, 6.45) is 2.67. The lowest BCUT2D eigenvalue weighted by atomic mass is 10.1. The van der Waals surface area contributed by atoms with Gasteiger partial charge < -0.3 is 0 Å². The van der Waals surface area contributed by atoms with Crippen LogP contribution in [0.25, 0.3) is 0 Å². The van der Waals surface area contributed by atoms with Crippen LogP contribution in [0, 0.1) is 0 Å². The maximum absolute atomic E-state index is 10.9. The van der Waals surface area contributed by atoms with Gasteiger partial charge in [-0.2, -0.15) is 0 Å². The lowest BCUT2D eigenvalue weighted by Gasteiger charge is -2.36. The molecule has 0 amide bonds. The molecule has 0 aromatic carbocycles. The number of hydrogen-bond donors (Lipinski definition) is 0. The Hall–Kier alpha value is -0.410. The molecule has 0 N–H and O–H groups in total. The Kier molecular flexibility index (Phi) is 2.65. The Bertz CT molecular complexity index is 205. The highest BCUT2D eigenvalue weighted by Gasteiger charge is 2.30. The topological polar surface area (TPSA) is 23.6 Å². The molecule has 0 aromatic rings. The SMILES string of the molecule is CC(=O)CN1CCN2CCCC2C1. The van der Waals surface area contributed by atoms with Gasteiger partial charge in [-0.05, 0) is 26.3 Å². The van der Waals surface area contributed by atoms with Crippen molar-refractivity contribution < 1.29 is 4.79 Å². The summed E-state index contributed by atoms with van der Waals surface area (Å²) in [5.74, 6) is 0.298. The Morgan fingerprint density at radius 3 is 3.00 bits per heavy atom. The normalized spacial score (nSPS) is 30.4. The van der Waals surface area contributed by atoms with Crippen LogP contribution in [0.3, 0.4) is 0 Å². The number of carbonyl (C=O) groups excluding carboxylic acids is 1. The molecule has 13 heavy (non-hydrogen) atoms. The molecule has 3 heteroatoms. The van der Waals surface area contributed by atoms with Gasteiger partial charge in [-0.3, -0.25) is 14.6 Å². The third kappa shape index (κ3) is 2.09. The van der Waals surface area contributed by atoms with Gasteiger partial charge >= 0.3 is 0 Å². The predicted octanol–water partition coefficient (Wildman–Crippen LogP) is 0.355. The molecule has 0 radical (unpaired) electrons. The minimum Gasteiger partial charge on any atom is -0.299 e. The van der Waals surface area contributed by atoms with Crippen LogP contribution in [0.5, 0.6) is 0 Å². The molecule has 1 atom stereocenters. The second-order valence-corrected chi connectivity index (χ2v) is 4.27. The lowest BCUT2D eigenvalue weighted by molar-refractivity contribution is -0.118. The minimum atomic E-state index is 0.298. The highest BCUT2D eigenvalue weighted by molar-refractivity contribution is 5.77. The van der Waals surface area contributed by atoms with Crippen molar-refractivity contribution in [2.24, 2.45) is 0 Å². The lowest BCUT2D eigenvalue weighted by Crippen LogP contribution is -2.51. The van der Waals surface area contributed by atoms with E-state index >= 15 is 0 Å². The predicted molar refractivity (Wildman–Crippen MR) is 51.7 cm³/mol. The second kappa shape index (κ2) is 3.76. The summed E-state index contributed by atoms with van der Waals surface area (Å²) < 4.78 is 0. The maximum Gasteiger partial charge on any atom is 0.143 e. The van der Waals surface area contributed by atoms with Gasteiger partial charge in [-0.25, -0.2) is 0 Å². The third-order valence-corrected chi connectivity index (χ3v) is 3.12. The maximum atomic E-state index is 10.9. The Morgan fingerprint density at radius 2 is 2.23 bits per heavy atom. The van der Waals surface area contributed by atoms with E-state index in [0.717, 1.165) is 25.7 Å². The van der Waals surface area contributed by atoms with Crippen molar-refractivity contribution in [3.8, 4) is 0 Å². The number of Topliss-reactive ketones (excluding diaryl/α,β-unsaturated/α-hetero) is 1. The molecular formula is C10H18N2O. The molecule has 0 aliphatic carbocycles. The molecule has 74 valence electrons. The highest BCUT2D eigenvalue weighted by Crippen LogP contribution is 2.20. The van der Waals surface area contributed by atoms with Gasteiger partial charge in [-0.15, -0.1) is 0 Å². The number of hydrogen-bond acceptors (Lipinski definition) is 3. The summed E-state index contributed by atoms with van der Waals surface area (Å²) >= 11 is 0. The molecule has 0 spiro atoms. The Balaban J connectivity index is 1.86. The van der Waals surface area contributed by atoms with Gasteiger partial charge in [0.1, 0.15) is 5.78 Å². The van der Waals surface area contributed by atoms with Crippen molar-refractivity contribution in [1.82, 2.24) is 9.80 Å². The van der Waals surface area contributed by atoms with E-state index < -0.39 is 0 Å². The quantitative estimate of drug-likeness (QED) is 0.616. The van der Waals surface area contributed by atoms with Crippen molar-refractivity contribution >= 4 is 5.78 Å². The van der Waals surface area contributed by atoms with Crippen molar-refractivity contribution in [2.45, 2.75) is 25.8 Å². The Labute approximate surface area is 79.7 Å². The molecular weight excluding hydrogens is 164 g/mol. The van der Waals surface area contributed by atoms with Crippen LogP contribution >= 0.6 is 0 Å². The number of piperazine rings is 1. The summed E-state index contributed by atoms with van der Waals surface area (Å²) in [7, 11) is 0. The molecule has 0 bridgehead atoms. The first-order chi connectivity index (χ1) is 6.25. The first-order valence-corrected chi connectivity index (χ1v) is 5.21. The van der Waals surface area contributed by atoms with Gasteiger partial charge in [0, 0.05) is 25.7 Å². The van der Waals surface area contributed by atoms with Gasteiger partial charge in [0.25, 0.3) is 0 Å². The molecule has 0 saturated carbocycles.